The monoisotopic (exact) mass is 636 g/mol. The number of nitrogens with zero attached hydrogens (tertiary/aromatic N) is 2. The highest BCUT2D eigenvalue weighted by Gasteiger charge is 2.18. The predicted molar refractivity (Wildman–Crippen MR) is 161 cm³/mol. The van der Waals surface area contributed by atoms with Crippen LogP contribution in [0.25, 0.3) is 0 Å². The van der Waals surface area contributed by atoms with Crippen molar-refractivity contribution in [2.45, 2.75) is 0 Å². The van der Waals surface area contributed by atoms with E-state index in [-0.39, 0.29) is 0 Å². The second-order valence-electron chi connectivity index (χ2n) is 8.12. The fraction of sp³-hybridized carbons (Fsp3) is 0. The quantitative estimate of drug-likeness (QED) is 0.183. The third-order valence-corrected chi connectivity index (χ3v) is 6.94. The smallest absolute Gasteiger partial charge is 0.0487 e. The maximum absolute atomic E-state index is 6.46. The van der Waals surface area contributed by atoms with Crippen LogP contribution < -0.4 is 9.80 Å². The molecule has 0 saturated carbocycles. The molecule has 0 aliphatic carbocycles. The van der Waals surface area contributed by atoms with Crippen molar-refractivity contribution in [3.05, 3.63) is 140 Å². The van der Waals surface area contributed by atoms with Crippen LogP contribution in [0.5, 0.6) is 0 Å². The van der Waals surface area contributed by atoms with Gasteiger partial charge in [-0.3, -0.25) is 0 Å². The molecule has 0 heterocycles. The lowest BCUT2D eigenvalue weighted by molar-refractivity contribution is 1.25. The number of benzene rings is 5. The van der Waals surface area contributed by atoms with Crippen molar-refractivity contribution in [2.75, 3.05) is 9.80 Å². The Morgan fingerprint density at radius 3 is 1.17 bits per heavy atom. The lowest BCUT2D eigenvalue weighted by atomic mass is 10.1. The molecule has 0 radical (unpaired) electrons. The van der Waals surface area contributed by atoms with Crippen molar-refractivity contribution < 1.29 is 0 Å². The van der Waals surface area contributed by atoms with E-state index in [1.165, 1.54) is 0 Å². The van der Waals surface area contributed by atoms with E-state index in [1.54, 1.807) is 0 Å². The van der Waals surface area contributed by atoms with Gasteiger partial charge in [0.15, 0.2) is 0 Å². The SMILES string of the molecule is Clc1cc(Br)cc(N(c2ccccc2)c2cccc(N(c3ccccc3)c3cc(Cl)cc(Br)c3)c2)c1. The zero-order valence-corrected chi connectivity index (χ0v) is 23.6. The van der Waals surface area contributed by atoms with Gasteiger partial charge in [0.2, 0.25) is 0 Å². The summed E-state index contributed by atoms with van der Waals surface area (Å²) in [5.41, 5.74) is 5.95. The molecule has 0 saturated heterocycles. The lowest BCUT2D eigenvalue weighted by Gasteiger charge is -2.29. The van der Waals surface area contributed by atoms with Gasteiger partial charge < -0.3 is 9.80 Å². The van der Waals surface area contributed by atoms with Crippen molar-refractivity contribution in [2.24, 2.45) is 0 Å². The molecular formula is C30H20Br2Cl2N2. The van der Waals surface area contributed by atoms with Crippen LogP contribution in [0.2, 0.25) is 10.0 Å². The molecule has 2 nitrogen and oxygen atoms in total. The fourth-order valence-corrected chi connectivity index (χ4v) is 5.84. The summed E-state index contributed by atoms with van der Waals surface area (Å²) in [4.78, 5) is 4.38. The third kappa shape index (κ3) is 5.63. The van der Waals surface area contributed by atoms with E-state index in [0.29, 0.717) is 10.0 Å². The maximum atomic E-state index is 6.46. The van der Waals surface area contributed by atoms with E-state index >= 15 is 0 Å². The average Bonchev–Trinajstić information content (AvgIpc) is 2.85. The molecule has 0 unspecified atom stereocenters. The summed E-state index contributed by atoms with van der Waals surface area (Å²) in [6.45, 7) is 0. The van der Waals surface area contributed by atoms with E-state index in [0.717, 1.165) is 43.1 Å². The molecule has 36 heavy (non-hydrogen) atoms. The van der Waals surface area contributed by atoms with Crippen molar-refractivity contribution in [3.8, 4) is 0 Å². The van der Waals surface area contributed by atoms with Gasteiger partial charge in [-0.2, -0.15) is 0 Å². The van der Waals surface area contributed by atoms with E-state index in [1.807, 2.05) is 60.7 Å². The Balaban J connectivity index is 1.69. The minimum Gasteiger partial charge on any atom is -0.310 e. The van der Waals surface area contributed by atoms with Gasteiger partial charge in [0, 0.05) is 53.1 Å². The lowest BCUT2D eigenvalue weighted by Crippen LogP contribution is -2.13. The van der Waals surface area contributed by atoms with Gasteiger partial charge >= 0.3 is 0 Å². The number of anilines is 6. The van der Waals surface area contributed by atoms with Gasteiger partial charge in [-0.15, -0.1) is 0 Å². The Labute approximate surface area is 238 Å². The Morgan fingerprint density at radius 1 is 0.389 bits per heavy atom. The molecule has 0 atom stereocenters. The highest BCUT2D eigenvalue weighted by molar-refractivity contribution is 9.10. The summed E-state index contributed by atoms with van der Waals surface area (Å²) in [5.74, 6) is 0. The summed E-state index contributed by atoms with van der Waals surface area (Å²) in [7, 11) is 0. The van der Waals surface area contributed by atoms with E-state index in [9.17, 15) is 0 Å². The van der Waals surface area contributed by atoms with Gasteiger partial charge in [0.05, 0.1) is 0 Å². The zero-order chi connectivity index (χ0) is 25.1. The van der Waals surface area contributed by atoms with Gasteiger partial charge in [-0.1, -0.05) is 97.5 Å². The normalized spacial score (nSPS) is 10.8. The number of halogens is 4. The van der Waals surface area contributed by atoms with Gasteiger partial charge in [0.25, 0.3) is 0 Å². The Hall–Kier alpha value is -2.76. The Morgan fingerprint density at radius 2 is 0.778 bits per heavy atom. The van der Waals surface area contributed by atoms with Gasteiger partial charge in [-0.25, -0.2) is 0 Å². The van der Waals surface area contributed by atoms with Crippen LogP contribution in [0.15, 0.2) is 130 Å². The molecule has 178 valence electrons. The summed E-state index contributed by atoms with van der Waals surface area (Å²) in [5, 5.41) is 1.32. The summed E-state index contributed by atoms with van der Waals surface area (Å²) >= 11 is 20.1. The predicted octanol–water partition coefficient (Wildman–Crippen LogP) is 11.5. The third-order valence-electron chi connectivity index (χ3n) is 5.59. The van der Waals surface area contributed by atoms with Crippen LogP contribution in [0.1, 0.15) is 0 Å². The van der Waals surface area contributed by atoms with Crippen molar-refractivity contribution in [1.82, 2.24) is 0 Å². The zero-order valence-electron chi connectivity index (χ0n) is 19.0. The molecule has 0 aromatic heterocycles. The second-order valence-corrected chi connectivity index (χ2v) is 10.8. The van der Waals surface area contributed by atoms with Crippen LogP contribution >= 0.6 is 55.1 Å². The molecule has 0 bridgehead atoms. The summed E-state index contributed by atoms with van der Waals surface area (Å²) < 4.78 is 1.83. The van der Waals surface area contributed by atoms with Crippen LogP contribution in [0.3, 0.4) is 0 Å². The van der Waals surface area contributed by atoms with Crippen LogP contribution in [0.4, 0.5) is 34.1 Å². The minimum atomic E-state index is 0.658. The highest BCUT2D eigenvalue weighted by atomic mass is 79.9. The largest absolute Gasteiger partial charge is 0.310 e. The number of hydrogen-bond acceptors (Lipinski definition) is 2. The Kier molecular flexibility index (Phi) is 7.68. The van der Waals surface area contributed by atoms with E-state index < -0.39 is 0 Å². The minimum absolute atomic E-state index is 0.658. The summed E-state index contributed by atoms with van der Waals surface area (Å²) in [6.07, 6.45) is 0. The molecule has 0 spiro atoms. The molecule has 5 rings (SSSR count). The molecule has 5 aromatic rings. The van der Waals surface area contributed by atoms with Crippen molar-refractivity contribution in [3.63, 3.8) is 0 Å². The molecule has 5 aromatic carbocycles. The first-order chi connectivity index (χ1) is 17.5. The summed E-state index contributed by atoms with van der Waals surface area (Å²) in [6, 6.07) is 40.8. The average molecular weight is 639 g/mol. The molecule has 0 N–H and O–H groups in total. The first-order valence-corrected chi connectivity index (χ1v) is 13.5. The molecular weight excluding hydrogens is 619 g/mol. The van der Waals surface area contributed by atoms with Crippen molar-refractivity contribution >= 4 is 89.2 Å². The van der Waals surface area contributed by atoms with Crippen LogP contribution in [0, 0.1) is 0 Å². The van der Waals surface area contributed by atoms with Gasteiger partial charge in [0.1, 0.15) is 0 Å². The molecule has 0 fully saturated rings. The maximum Gasteiger partial charge on any atom is 0.0487 e. The first-order valence-electron chi connectivity index (χ1n) is 11.2. The standard InChI is InChI=1S/C30H20Br2Cl2N2/c31-21-14-23(33)18-29(16-21)35(25-8-3-1-4-9-25)27-12-7-13-28(20-27)36(26-10-5-2-6-11-26)30-17-22(32)15-24(34)19-30/h1-20H. The van der Waals surface area contributed by atoms with Crippen LogP contribution in [-0.2, 0) is 0 Å². The number of para-hydroxylation sites is 2. The molecule has 0 aliphatic heterocycles. The number of hydrogen-bond donors (Lipinski definition) is 0. The molecule has 6 heteroatoms. The number of rotatable bonds is 6. The van der Waals surface area contributed by atoms with E-state index in [4.69, 9.17) is 23.2 Å². The van der Waals surface area contributed by atoms with E-state index in [2.05, 4.69) is 102 Å². The Bertz CT molecular complexity index is 1340. The van der Waals surface area contributed by atoms with Crippen LogP contribution in [-0.4, -0.2) is 0 Å². The molecule has 0 aliphatic rings. The molecule has 0 amide bonds. The topological polar surface area (TPSA) is 6.48 Å². The highest BCUT2D eigenvalue weighted by Crippen LogP contribution is 2.42. The fourth-order valence-electron chi connectivity index (χ4n) is 4.16. The first kappa shape index (κ1) is 24.9. The second kappa shape index (κ2) is 11.1. The van der Waals surface area contributed by atoms with Gasteiger partial charge in [-0.05, 0) is 78.9 Å². The van der Waals surface area contributed by atoms with Crippen molar-refractivity contribution in [1.29, 1.82) is 0 Å².